The number of halogens is 8. The van der Waals surface area contributed by atoms with Crippen LogP contribution in [0.25, 0.3) is 0 Å². The number of fused-ring (bicyclic) bond motifs is 1. The highest BCUT2D eigenvalue weighted by molar-refractivity contribution is 7.90. The Morgan fingerprint density at radius 1 is 1.00 bits per heavy atom. The van der Waals surface area contributed by atoms with E-state index in [0.29, 0.717) is 12.8 Å². The molecular formula is C20H17Cl2F6N3O6S2. The number of aromatic nitrogens is 2. The Labute approximate surface area is 227 Å². The number of likely N-dealkylation sites (tertiary alicyclic amines) is 1. The number of benzene rings is 1. The third-order valence-electron chi connectivity index (χ3n) is 6.42. The van der Waals surface area contributed by atoms with Gasteiger partial charge < -0.3 is 9.08 Å². The molecule has 1 aromatic carbocycles. The van der Waals surface area contributed by atoms with Crippen LogP contribution in [-0.2, 0) is 37.8 Å². The summed E-state index contributed by atoms with van der Waals surface area (Å²) in [6.07, 6.45) is 1.84. The van der Waals surface area contributed by atoms with Gasteiger partial charge in [0.05, 0.1) is 17.9 Å². The maximum absolute atomic E-state index is 13.3. The molecule has 1 fully saturated rings. The summed E-state index contributed by atoms with van der Waals surface area (Å²) in [7, 11) is -11.7. The third kappa shape index (κ3) is 5.41. The Balaban J connectivity index is 1.54. The van der Waals surface area contributed by atoms with Gasteiger partial charge in [0.1, 0.15) is 5.75 Å². The van der Waals surface area contributed by atoms with E-state index in [4.69, 9.17) is 23.2 Å². The van der Waals surface area contributed by atoms with E-state index in [1.54, 1.807) is 0 Å². The van der Waals surface area contributed by atoms with Crippen LogP contribution in [0.3, 0.4) is 0 Å². The molecule has 216 valence electrons. The molecule has 0 N–H and O–H groups in total. The zero-order valence-corrected chi connectivity index (χ0v) is 22.4. The number of hydrogen-bond acceptors (Lipinski definition) is 7. The normalized spacial score (nSPS) is 20.8. The molecule has 1 amide bonds. The first-order valence-corrected chi connectivity index (χ1v) is 14.6. The first kappa shape index (κ1) is 29.7. The second kappa shape index (κ2) is 9.99. The highest BCUT2D eigenvalue weighted by Gasteiger charge is 2.51. The molecule has 0 radical (unpaired) electrons. The van der Waals surface area contributed by atoms with Crippen LogP contribution in [0.4, 0.5) is 26.3 Å². The first-order chi connectivity index (χ1) is 17.8. The molecule has 0 saturated carbocycles. The Morgan fingerprint density at radius 3 is 2.18 bits per heavy atom. The van der Waals surface area contributed by atoms with Crippen LogP contribution in [0.15, 0.2) is 18.3 Å². The van der Waals surface area contributed by atoms with E-state index in [2.05, 4.69) is 9.28 Å². The Hall–Kier alpha value is -2.24. The highest BCUT2D eigenvalue weighted by atomic mass is 35.5. The molecule has 19 heteroatoms. The van der Waals surface area contributed by atoms with Gasteiger partial charge in [0.25, 0.3) is 0 Å². The monoisotopic (exact) mass is 643 g/mol. The average Bonchev–Trinajstić information content (AvgIpc) is 3.38. The van der Waals surface area contributed by atoms with Gasteiger partial charge in [-0.1, -0.05) is 23.2 Å². The quantitative estimate of drug-likeness (QED) is 0.257. The van der Waals surface area contributed by atoms with Crippen molar-refractivity contribution >= 4 is 49.3 Å². The molecule has 1 aliphatic carbocycles. The molecule has 2 aromatic rings. The van der Waals surface area contributed by atoms with E-state index in [0.717, 1.165) is 18.3 Å². The van der Waals surface area contributed by atoms with Crippen molar-refractivity contribution in [3.8, 4) is 5.75 Å². The molecule has 2 heterocycles. The largest absolute Gasteiger partial charge is 0.534 e. The number of rotatable bonds is 6. The summed E-state index contributed by atoms with van der Waals surface area (Å²) in [5.41, 5.74) is -11.1. The molecule has 1 saturated heterocycles. The van der Waals surface area contributed by atoms with E-state index in [1.807, 2.05) is 0 Å². The number of nitrogens with zero attached hydrogens (tertiary/aromatic N) is 3. The third-order valence-corrected chi connectivity index (χ3v) is 9.43. The van der Waals surface area contributed by atoms with Crippen molar-refractivity contribution < 1.29 is 52.2 Å². The maximum Gasteiger partial charge on any atom is 0.534 e. The average molecular weight is 644 g/mol. The minimum absolute atomic E-state index is 0.0102. The topological polar surface area (TPSA) is 116 Å². The van der Waals surface area contributed by atoms with Crippen LogP contribution < -0.4 is 4.18 Å². The Kier molecular flexibility index (Phi) is 7.62. The number of carbonyl (C=O) groups excluding carboxylic acids is 1. The summed E-state index contributed by atoms with van der Waals surface area (Å²) < 4.78 is 127. The molecule has 9 nitrogen and oxygen atoms in total. The molecule has 1 aromatic heterocycles. The number of carbonyl (C=O) groups is 1. The van der Waals surface area contributed by atoms with Crippen LogP contribution in [0.1, 0.15) is 42.1 Å². The lowest BCUT2D eigenvalue weighted by molar-refractivity contribution is -0.133. The van der Waals surface area contributed by atoms with Gasteiger partial charge in [0, 0.05) is 40.2 Å². The summed E-state index contributed by atoms with van der Waals surface area (Å²) >= 11 is 12.2. The van der Waals surface area contributed by atoms with Crippen molar-refractivity contribution in [3.05, 3.63) is 45.2 Å². The van der Waals surface area contributed by atoms with Crippen LogP contribution >= 0.6 is 23.2 Å². The molecule has 4 rings (SSSR count). The zero-order chi connectivity index (χ0) is 29.1. The minimum atomic E-state index is -5.97. The van der Waals surface area contributed by atoms with E-state index in [9.17, 15) is 48.0 Å². The molecule has 0 spiro atoms. The summed E-state index contributed by atoms with van der Waals surface area (Å²) in [5.74, 6) is -1.94. The lowest BCUT2D eigenvalue weighted by Gasteiger charge is -2.31. The Bertz CT molecular complexity index is 1500. The standard InChI is InChI=1S/C20H17Cl2F6N3O6S2/c21-14-7-11(37-39(35,36)20(26,27)28)8-15(22)12(14)6-10-4-5-30(18(10)32)16-2-1-3-17-13(16)9-29-31(17)38(33,34)19(23,24)25/h7-10,16H,1-6H2. The van der Waals surface area contributed by atoms with Crippen LogP contribution in [-0.4, -0.2) is 54.4 Å². The smallest absolute Gasteiger partial charge is 0.376 e. The highest BCUT2D eigenvalue weighted by Crippen LogP contribution is 2.41. The van der Waals surface area contributed by atoms with Crippen molar-refractivity contribution in [1.29, 1.82) is 0 Å². The molecule has 2 aliphatic rings. The summed E-state index contributed by atoms with van der Waals surface area (Å²) in [5, 5.41) is 2.95. The van der Waals surface area contributed by atoms with Gasteiger partial charge in [0.2, 0.25) is 5.91 Å². The maximum atomic E-state index is 13.3. The molecule has 1 aliphatic heterocycles. The van der Waals surface area contributed by atoms with Gasteiger partial charge in [-0.3, -0.25) is 4.79 Å². The lowest BCUT2D eigenvalue weighted by Crippen LogP contribution is -2.36. The summed E-state index contributed by atoms with van der Waals surface area (Å²) in [6, 6.07) is 0.899. The predicted octanol–water partition coefficient (Wildman–Crippen LogP) is 4.58. The molecule has 2 atom stereocenters. The number of alkyl halides is 6. The number of hydrogen-bond donors (Lipinski definition) is 0. The lowest BCUT2D eigenvalue weighted by atomic mass is 9.92. The summed E-state index contributed by atoms with van der Waals surface area (Å²) in [6.45, 7) is 0.172. The second-order valence-corrected chi connectivity index (χ2v) is 12.9. The van der Waals surface area contributed by atoms with Crippen LogP contribution in [0, 0.1) is 5.92 Å². The van der Waals surface area contributed by atoms with Crippen molar-refractivity contribution in [2.45, 2.75) is 49.2 Å². The van der Waals surface area contributed by atoms with Gasteiger partial charge in [-0.25, -0.2) is 0 Å². The van der Waals surface area contributed by atoms with Gasteiger partial charge in [0.15, 0.2) is 0 Å². The van der Waals surface area contributed by atoms with E-state index < -0.39 is 54.8 Å². The van der Waals surface area contributed by atoms with E-state index >= 15 is 0 Å². The van der Waals surface area contributed by atoms with E-state index in [1.165, 1.54) is 4.90 Å². The van der Waals surface area contributed by atoms with Crippen molar-refractivity contribution in [1.82, 2.24) is 14.1 Å². The molecule has 2 unspecified atom stereocenters. The van der Waals surface area contributed by atoms with Crippen LogP contribution in [0.5, 0.6) is 5.75 Å². The Morgan fingerprint density at radius 2 is 1.62 bits per heavy atom. The molecule has 0 bridgehead atoms. The fourth-order valence-electron chi connectivity index (χ4n) is 4.64. The van der Waals surface area contributed by atoms with E-state index in [-0.39, 0.29) is 56.8 Å². The summed E-state index contributed by atoms with van der Waals surface area (Å²) in [4.78, 5) is 14.7. The second-order valence-electron chi connectivity index (χ2n) is 8.82. The minimum Gasteiger partial charge on any atom is -0.376 e. The van der Waals surface area contributed by atoms with Gasteiger partial charge in [-0.15, -0.1) is 0 Å². The molecular weight excluding hydrogens is 627 g/mol. The first-order valence-electron chi connectivity index (χ1n) is 11.0. The van der Waals surface area contributed by atoms with Gasteiger partial charge in [-0.2, -0.15) is 52.4 Å². The van der Waals surface area contributed by atoms with Crippen molar-refractivity contribution in [2.75, 3.05) is 6.54 Å². The van der Waals surface area contributed by atoms with Gasteiger partial charge >= 0.3 is 31.2 Å². The van der Waals surface area contributed by atoms with Gasteiger partial charge in [-0.05, 0) is 37.7 Å². The van der Waals surface area contributed by atoms with Crippen molar-refractivity contribution in [3.63, 3.8) is 0 Å². The predicted molar refractivity (Wildman–Crippen MR) is 124 cm³/mol. The zero-order valence-electron chi connectivity index (χ0n) is 19.3. The molecule has 39 heavy (non-hydrogen) atoms. The fourth-order valence-corrected chi connectivity index (χ4v) is 6.56. The van der Waals surface area contributed by atoms with Crippen LogP contribution in [0.2, 0.25) is 10.0 Å². The fraction of sp³-hybridized carbons (Fsp3) is 0.500. The number of amides is 1. The van der Waals surface area contributed by atoms with Crippen molar-refractivity contribution in [2.24, 2.45) is 5.92 Å². The SMILES string of the molecule is O=C1C(Cc2c(Cl)cc(OS(=O)(=O)C(F)(F)F)cc2Cl)CCN1C1CCCc2c1cnn2S(=O)(=O)C(F)(F)F.